The van der Waals surface area contributed by atoms with E-state index in [1.165, 1.54) is 0 Å². The minimum absolute atomic E-state index is 0.0741. The van der Waals surface area contributed by atoms with E-state index in [9.17, 15) is 4.91 Å². The molecule has 2 unspecified atom stereocenters. The van der Waals surface area contributed by atoms with Crippen LogP contribution in [0.5, 0.6) is 0 Å². The number of rotatable bonds is 2. The molecule has 0 bridgehead atoms. The summed E-state index contributed by atoms with van der Waals surface area (Å²) in [4.78, 5) is 10.0. The van der Waals surface area contributed by atoms with Crippen LogP contribution in [0.25, 0.3) is 0 Å². The van der Waals surface area contributed by atoms with E-state index in [2.05, 4.69) is 12.1 Å². The molecule has 2 atom stereocenters. The molecule has 0 N–H and O–H groups in total. The van der Waals surface area contributed by atoms with Crippen molar-refractivity contribution in [3.05, 3.63) is 4.91 Å². The second-order valence-electron chi connectivity index (χ2n) is 2.38. The maximum atomic E-state index is 10.0. The Morgan fingerprint density at radius 2 is 2.44 bits per heavy atom. The average molecular weight is 129 g/mol. The van der Waals surface area contributed by atoms with E-state index in [-0.39, 0.29) is 6.04 Å². The van der Waals surface area contributed by atoms with Gasteiger partial charge in [-0.1, -0.05) is 12.1 Å². The standard InChI is InChI=1S/C6H11NO2/c1-2-5-3-9-4-6(5)7-8/h5-6H,2-4H2,1H3. The van der Waals surface area contributed by atoms with Crippen molar-refractivity contribution in [2.45, 2.75) is 19.4 Å². The molecule has 3 nitrogen and oxygen atoms in total. The smallest absolute Gasteiger partial charge is 0.120 e. The lowest BCUT2D eigenvalue weighted by molar-refractivity contribution is 0.183. The molecule has 0 aromatic rings. The van der Waals surface area contributed by atoms with Gasteiger partial charge in [-0.2, -0.15) is 4.91 Å². The van der Waals surface area contributed by atoms with Gasteiger partial charge in [0.05, 0.1) is 13.2 Å². The number of ether oxygens (including phenoxy) is 1. The van der Waals surface area contributed by atoms with Crippen molar-refractivity contribution >= 4 is 0 Å². The van der Waals surface area contributed by atoms with E-state index in [1.807, 2.05) is 0 Å². The van der Waals surface area contributed by atoms with Crippen molar-refractivity contribution in [1.29, 1.82) is 0 Å². The molecule has 0 spiro atoms. The van der Waals surface area contributed by atoms with Crippen LogP contribution in [0, 0.1) is 10.8 Å². The van der Waals surface area contributed by atoms with Crippen LogP contribution in [0.15, 0.2) is 5.18 Å². The van der Waals surface area contributed by atoms with E-state index >= 15 is 0 Å². The van der Waals surface area contributed by atoms with E-state index in [4.69, 9.17) is 4.74 Å². The Morgan fingerprint density at radius 3 is 2.89 bits per heavy atom. The number of nitrogens with zero attached hydrogens (tertiary/aromatic N) is 1. The van der Waals surface area contributed by atoms with Crippen LogP contribution in [-0.2, 0) is 4.74 Å². The van der Waals surface area contributed by atoms with Gasteiger partial charge < -0.3 is 4.74 Å². The first-order valence-corrected chi connectivity index (χ1v) is 3.28. The summed E-state index contributed by atoms with van der Waals surface area (Å²) in [7, 11) is 0. The summed E-state index contributed by atoms with van der Waals surface area (Å²) in [5.74, 6) is 0.377. The molecule has 0 saturated carbocycles. The van der Waals surface area contributed by atoms with Crippen LogP contribution in [0.2, 0.25) is 0 Å². The molecule has 0 radical (unpaired) electrons. The van der Waals surface area contributed by atoms with Gasteiger partial charge in [0.2, 0.25) is 0 Å². The summed E-state index contributed by atoms with van der Waals surface area (Å²) in [5, 5.41) is 2.96. The zero-order valence-electron chi connectivity index (χ0n) is 5.54. The lowest BCUT2D eigenvalue weighted by Crippen LogP contribution is -2.13. The highest BCUT2D eigenvalue weighted by Gasteiger charge is 2.27. The summed E-state index contributed by atoms with van der Waals surface area (Å²) < 4.78 is 5.06. The summed E-state index contributed by atoms with van der Waals surface area (Å²) in [6.45, 7) is 3.30. The molecular formula is C6H11NO2. The fraction of sp³-hybridized carbons (Fsp3) is 1.00. The fourth-order valence-electron chi connectivity index (χ4n) is 1.09. The highest BCUT2D eigenvalue weighted by Crippen LogP contribution is 2.19. The number of hydrogen-bond acceptors (Lipinski definition) is 3. The third-order valence-electron chi connectivity index (χ3n) is 1.82. The minimum atomic E-state index is -0.0741. The molecule has 0 aromatic carbocycles. The topological polar surface area (TPSA) is 38.7 Å². The van der Waals surface area contributed by atoms with Crippen LogP contribution in [0.4, 0.5) is 0 Å². The van der Waals surface area contributed by atoms with Crippen LogP contribution in [0.1, 0.15) is 13.3 Å². The van der Waals surface area contributed by atoms with Gasteiger partial charge in [-0.15, -0.1) is 0 Å². The molecule has 1 aliphatic rings. The quantitative estimate of drug-likeness (QED) is 0.525. The molecule has 0 amide bonds. The molecule has 9 heavy (non-hydrogen) atoms. The number of nitroso groups, excluding NO2 is 1. The summed E-state index contributed by atoms with van der Waals surface area (Å²) in [6, 6.07) is -0.0741. The molecule has 0 aromatic heterocycles. The predicted molar refractivity (Wildman–Crippen MR) is 34.2 cm³/mol. The summed E-state index contributed by atoms with van der Waals surface area (Å²) in [6.07, 6.45) is 0.996. The Labute approximate surface area is 54.4 Å². The lowest BCUT2D eigenvalue weighted by atomic mass is 10.0. The Bertz CT molecular complexity index is 105. The Hall–Kier alpha value is -0.440. The molecular weight excluding hydrogens is 118 g/mol. The first kappa shape index (κ1) is 6.68. The van der Waals surface area contributed by atoms with Crippen LogP contribution >= 0.6 is 0 Å². The predicted octanol–water partition coefficient (Wildman–Crippen LogP) is 1.18. The molecule has 1 heterocycles. The van der Waals surface area contributed by atoms with Gasteiger partial charge in [0, 0.05) is 5.92 Å². The van der Waals surface area contributed by atoms with Gasteiger partial charge in [-0.05, 0) is 6.42 Å². The molecule has 3 heteroatoms. The van der Waals surface area contributed by atoms with E-state index in [0.717, 1.165) is 6.42 Å². The second-order valence-corrected chi connectivity index (χ2v) is 2.38. The van der Waals surface area contributed by atoms with Gasteiger partial charge in [0.15, 0.2) is 0 Å². The zero-order valence-corrected chi connectivity index (χ0v) is 5.54. The van der Waals surface area contributed by atoms with E-state index in [0.29, 0.717) is 19.1 Å². The fourth-order valence-corrected chi connectivity index (χ4v) is 1.09. The zero-order chi connectivity index (χ0) is 6.69. The molecule has 1 aliphatic heterocycles. The van der Waals surface area contributed by atoms with Gasteiger partial charge in [0.1, 0.15) is 6.04 Å². The van der Waals surface area contributed by atoms with Gasteiger partial charge in [-0.25, -0.2) is 0 Å². The highest BCUT2D eigenvalue weighted by molar-refractivity contribution is 4.79. The van der Waals surface area contributed by atoms with Crippen molar-refractivity contribution < 1.29 is 4.74 Å². The highest BCUT2D eigenvalue weighted by atomic mass is 16.5. The van der Waals surface area contributed by atoms with Crippen molar-refractivity contribution in [2.75, 3.05) is 13.2 Å². The molecule has 1 fully saturated rings. The monoisotopic (exact) mass is 129 g/mol. The Kier molecular flexibility index (Phi) is 2.16. The Morgan fingerprint density at radius 1 is 1.67 bits per heavy atom. The van der Waals surface area contributed by atoms with E-state index in [1.54, 1.807) is 0 Å². The third-order valence-corrected chi connectivity index (χ3v) is 1.82. The summed E-state index contributed by atoms with van der Waals surface area (Å²) >= 11 is 0. The third kappa shape index (κ3) is 1.27. The van der Waals surface area contributed by atoms with E-state index < -0.39 is 0 Å². The van der Waals surface area contributed by atoms with Gasteiger partial charge in [-0.3, -0.25) is 0 Å². The SMILES string of the molecule is CCC1COCC1N=O. The lowest BCUT2D eigenvalue weighted by Gasteiger charge is -2.04. The summed E-state index contributed by atoms with van der Waals surface area (Å²) in [5.41, 5.74) is 0. The Balaban J connectivity index is 2.41. The molecule has 0 aliphatic carbocycles. The van der Waals surface area contributed by atoms with Crippen molar-refractivity contribution in [1.82, 2.24) is 0 Å². The molecule has 1 rings (SSSR count). The van der Waals surface area contributed by atoms with Crippen LogP contribution in [0.3, 0.4) is 0 Å². The maximum absolute atomic E-state index is 10.0. The van der Waals surface area contributed by atoms with Gasteiger partial charge in [0.25, 0.3) is 0 Å². The van der Waals surface area contributed by atoms with Crippen molar-refractivity contribution in [2.24, 2.45) is 11.1 Å². The first-order valence-electron chi connectivity index (χ1n) is 3.28. The first-order chi connectivity index (χ1) is 4.38. The average Bonchev–Trinajstić information content (AvgIpc) is 2.33. The van der Waals surface area contributed by atoms with Crippen molar-refractivity contribution in [3.8, 4) is 0 Å². The normalized spacial score (nSPS) is 34.8. The minimum Gasteiger partial charge on any atom is -0.379 e. The van der Waals surface area contributed by atoms with Crippen molar-refractivity contribution in [3.63, 3.8) is 0 Å². The largest absolute Gasteiger partial charge is 0.379 e. The van der Waals surface area contributed by atoms with Gasteiger partial charge >= 0.3 is 0 Å². The molecule has 52 valence electrons. The number of hydrogen-bond donors (Lipinski definition) is 0. The molecule has 1 saturated heterocycles. The van der Waals surface area contributed by atoms with Crippen LogP contribution in [-0.4, -0.2) is 19.3 Å². The second kappa shape index (κ2) is 2.92. The van der Waals surface area contributed by atoms with Crippen LogP contribution < -0.4 is 0 Å². The maximum Gasteiger partial charge on any atom is 0.120 e.